The molecule has 0 spiro atoms. The first-order chi connectivity index (χ1) is 6.79. The summed E-state index contributed by atoms with van der Waals surface area (Å²) in [5, 5.41) is 0. The Labute approximate surface area is 90.5 Å². The zero-order chi connectivity index (χ0) is 9.97. The van der Waals surface area contributed by atoms with Gasteiger partial charge in [-0.05, 0) is 17.7 Å². The maximum Gasteiger partial charge on any atom is 0.151 e. The highest BCUT2D eigenvalue weighted by molar-refractivity contribution is 7.16. The minimum Gasteiger partial charge on any atom is -0.298 e. The highest BCUT2D eigenvalue weighted by Gasteiger charge is 2.03. The Hall–Kier alpha value is -0.930. The summed E-state index contributed by atoms with van der Waals surface area (Å²) in [6.07, 6.45) is 0.414. The third-order valence-electron chi connectivity index (χ3n) is 1.95. The molecule has 2 rings (SSSR count). The number of hydrogen-bond donors (Lipinski definition) is 0. The van der Waals surface area contributed by atoms with E-state index in [2.05, 4.69) is 4.98 Å². The van der Waals surface area contributed by atoms with E-state index in [0.717, 1.165) is 15.8 Å². The zero-order valence-electron chi connectivity index (χ0n) is 7.37. The van der Waals surface area contributed by atoms with E-state index in [4.69, 9.17) is 11.6 Å². The van der Waals surface area contributed by atoms with Crippen LogP contribution in [0.2, 0.25) is 0 Å². The molecule has 0 N–H and O–H groups in total. The van der Waals surface area contributed by atoms with E-state index in [0.29, 0.717) is 6.42 Å². The van der Waals surface area contributed by atoms with E-state index < -0.39 is 0 Å². The quantitative estimate of drug-likeness (QED) is 0.752. The minimum atomic E-state index is 0.0514. The molecule has 72 valence electrons. The summed E-state index contributed by atoms with van der Waals surface area (Å²) >= 11 is 7.02. The van der Waals surface area contributed by atoms with Crippen LogP contribution >= 0.6 is 22.9 Å². The Bertz CT molecular complexity index is 466. The second kappa shape index (κ2) is 4.07. The van der Waals surface area contributed by atoms with Gasteiger partial charge in [-0.15, -0.1) is 22.9 Å². The molecule has 0 saturated carbocycles. The predicted molar refractivity (Wildman–Crippen MR) is 59.1 cm³/mol. The minimum absolute atomic E-state index is 0.0514. The summed E-state index contributed by atoms with van der Waals surface area (Å²) in [6, 6.07) is 5.85. The number of fused-ring (bicyclic) bond motifs is 1. The lowest BCUT2D eigenvalue weighted by Gasteiger charge is -1.97. The molecule has 0 amide bonds. The monoisotopic (exact) mass is 225 g/mol. The van der Waals surface area contributed by atoms with E-state index in [1.807, 2.05) is 18.2 Å². The summed E-state index contributed by atoms with van der Waals surface area (Å²) in [6.45, 7) is 0. The smallest absolute Gasteiger partial charge is 0.151 e. The van der Waals surface area contributed by atoms with Gasteiger partial charge >= 0.3 is 0 Å². The lowest BCUT2D eigenvalue weighted by Crippen LogP contribution is -2.03. The molecule has 2 nitrogen and oxygen atoms in total. The van der Waals surface area contributed by atoms with E-state index in [1.165, 1.54) is 0 Å². The SMILES string of the molecule is O=C(CCl)Cc1ccc2ncsc2c1. The first kappa shape index (κ1) is 9.62. The molecular formula is C10H8ClNOS. The van der Waals surface area contributed by atoms with Crippen LogP contribution in [0.15, 0.2) is 23.7 Å². The predicted octanol–water partition coefficient (Wildman–Crippen LogP) is 2.65. The number of ketones is 1. The van der Waals surface area contributed by atoms with E-state index in [9.17, 15) is 4.79 Å². The Kier molecular flexibility index (Phi) is 2.79. The number of benzene rings is 1. The lowest BCUT2D eigenvalue weighted by molar-refractivity contribution is -0.116. The third-order valence-corrected chi connectivity index (χ3v) is 3.04. The summed E-state index contributed by atoms with van der Waals surface area (Å²) in [5.41, 5.74) is 3.79. The fourth-order valence-corrected chi connectivity index (χ4v) is 2.12. The number of alkyl halides is 1. The number of rotatable bonds is 3. The van der Waals surface area contributed by atoms with Gasteiger partial charge in [0.25, 0.3) is 0 Å². The molecule has 14 heavy (non-hydrogen) atoms. The Morgan fingerprint density at radius 2 is 2.36 bits per heavy atom. The average molecular weight is 226 g/mol. The molecule has 0 saturated heterocycles. The molecule has 1 aromatic heterocycles. The van der Waals surface area contributed by atoms with E-state index in [1.54, 1.807) is 16.8 Å². The maximum atomic E-state index is 11.1. The molecule has 0 radical (unpaired) electrons. The second-order valence-electron chi connectivity index (χ2n) is 3.00. The molecule has 4 heteroatoms. The third kappa shape index (κ3) is 1.94. The number of hydrogen-bond acceptors (Lipinski definition) is 3. The molecule has 0 atom stereocenters. The van der Waals surface area contributed by atoms with Crippen LogP contribution in [-0.4, -0.2) is 16.6 Å². The largest absolute Gasteiger partial charge is 0.298 e. The van der Waals surface area contributed by atoms with Crippen LogP contribution in [0.25, 0.3) is 10.2 Å². The van der Waals surface area contributed by atoms with Crippen molar-refractivity contribution in [3.8, 4) is 0 Å². The number of Topliss-reactive ketones (excluding diaryl/α,β-unsaturated/α-hetero) is 1. The summed E-state index contributed by atoms with van der Waals surface area (Å²) in [7, 11) is 0. The van der Waals surface area contributed by atoms with Gasteiger partial charge in [-0.1, -0.05) is 6.07 Å². The van der Waals surface area contributed by atoms with Gasteiger partial charge in [0.1, 0.15) is 0 Å². The number of aromatic nitrogens is 1. The van der Waals surface area contributed by atoms with E-state index >= 15 is 0 Å². The second-order valence-corrected chi connectivity index (χ2v) is 4.16. The van der Waals surface area contributed by atoms with Crippen molar-refractivity contribution in [2.75, 3.05) is 5.88 Å². The molecule has 0 aliphatic carbocycles. The maximum absolute atomic E-state index is 11.1. The number of halogens is 1. The van der Waals surface area contributed by atoms with E-state index in [-0.39, 0.29) is 11.7 Å². The molecule has 0 unspecified atom stereocenters. The topological polar surface area (TPSA) is 30.0 Å². The molecular weight excluding hydrogens is 218 g/mol. The van der Waals surface area contributed by atoms with Crippen molar-refractivity contribution in [3.05, 3.63) is 29.3 Å². The van der Waals surface area contributed by atoms with Crippen molar-refractivity contribution in [2.24, 2.45) is 0 Å². The van der Waals surface area contributed by atoms with Crippen molar-refractivity contribution >= 4 is 38.9 Å². The molecule has 0 aliphatic heterocycles. The van der Waals surface area contributed by atoms with Crippen molar-refractivity contribution in [1.82, 2.24) is 4.98 Å². The molecule has 2 aromatic rings. The normalized spacial score (nSPS) is 10.6. The summed E-state index contributed by atoms with van der Waals surface area (Å²) < 4.78 is 1.12. The summed E-state index contributed by atoms with van der Waals surface area (Å²) in [5.74, 6) is 0.135. The van der Waals surface area contributed by atoms with Gasteiger partial charge in [0.05, 0.1) is 21.6 Å². The van der Waals surface area contributed by atoms with Crippen molar-refractivity contribution in [3.63, 3.8) is 0 Å². The first-order valence-electron chi connectivity index (χ1n) is 4.19. The van der Waals surface area contributed by atoms with Crippen molar-refractivity contribution < 1.29 is 4.79 Å². The van der Waals surface area contributed by atoms with Gasteiger partial charge in [-0.2, -0.15) is 0 Å². The molecule has 0 bridgehead atoms. The fraction of sp³-hybridized carbons (Fsp3) is 0.200. The van der Waals surface area contributed by atoms with Crippen LogP contribution in [0.4, 0.5) is 0 Å². The van der Waals surface area contributed by atoms with Gasteiger partial charge in [0.2, 0.25) is 0 Å². The number of nitrogens with zero attached hydrogens (tertiary/aromatic N) is 1. The number of carbonyl (C=O) groups is 1. The van der Waals surface area contributed by atoms with Crippen LogP contribution in [0.1, 0.15) is 5.56 Å². The molecule has 0 aliphatic rings. The van der Waals surface area contributed by atoms with Gasteiger partial charge in [-0.3, -0.25) is 4.79 Å². The van der Waals surface area contributed by atoms with Crippen LogP contribution in [0.3, 0.4) is 0 Å². The standard InChI is InChI=1S/C10H8ClNOS/c11-5-8(13)3-7-1-2-9-10(4-7)14-6-12-9/h1-2,4,6H,3,5H2. The van der Waals surface area contributed by atoms with Crippen LogP contribution in [-0.2, 0) is 11.2 Å². The zero-order valence-corrected chi connectivity index (χ0v) is 8.94. The first-order valence-corrected chi connectivity index (χ1v) is 5.61. The highest BCUT2D eigenvalue weighted by Crippen LogP contribution is 2.19. The lowest BCUT2D eigenvalue weighted by atomic mass is 10.1. The Morgan fingerprint density at radius 1 is 1.50 bits per heavy atom. The Morgan fingerprint density at radius 3 is 3.14 bits per heavy atom. The van der Waals surface area contributed by atoms with Crippen molar-refractivity contribution in [2.45, 2.75) is 6.42 Å². The summed E-state index contributed by atoms with van der Waals surface area (Å²) in [4.78, 5) is 15.3. The van der Waals surface area contributed by atoms with Gasteiger partial charge < -0.3 is 0 Å². The van der Waals surface area contributed by atoms with Gasteiger partial charge in [0.15, 0.2) is 5.78 Å². The fourth-order valence-electron chi connectivity index (χ4n) is 1.28. The van der Waals surface area contributed by atoms with Crippen LogP contribution in [0, 0.1) is 0 Å². The molecule has 1 heterocycles. The Balaban J connectivity index is 2.30. The molecule has 1 aromatic carbocycles. The number of carbonyl (C=O) groups excluding carboxylic acids is 1. The van der Waals surface area contributed by atoms with Gasteiger partial charge in [0, 0.05) is 6.42 Å². The van der Waals surface area contributed by atoms with Crippen molar-refractivity contribution in [1.29, 1.82) is 0 Å². The average Bonchev–Trinajstić information content (AvgIpc) is 2.64. The number of thiazole rings is 1. The highest BCUT2D eigenvalue weighted by atomic mass is 35.5. The van der Waals surface area contributed by atoms with Gasteiger partial charge in [-0.25, -0.2) is 4.98 Å². The van der Waals surface area contributed by atoms with Crippen LogP contribution in [0.5, 0.6) is 0 Å². The van der Waals surface area contributed by atoms with Crippen LogP contribution < -0.4 is 0 Å². The molecule has 0 fully saturated rings.